The third-order valence-electron chi connectivity index (χ3n) is 5.10. The van der Waals surface area contributed by atoms with Gasteiger partial charge in [0.25, 0.3) is 0 Å². The fraction of sp³-hybridized carbons (Fsp3) is 0.600. The van der Waals surface area contributed by atoms with Crippen LogP contribution in [0.15, 0.2) is 29.4 Å². The Morgan fingerprint density at radius 3 is 2.54 bits per heavy atom. The van der Waals surface area contributed by atoms with Gasteiger partial charge in [0, 0.05) is 18.7 Å². The van der Waals surface area contributed by atoms with Gasteiger partial charge in [-0.1, -0.05) is 73.7 Å². The first kappa shape index (κ1) is 17.5. The van der Waals surface area contributed by atoms with Crippen LogP contribution in [0.4, 0.5) is 0 Å². The molecule has 24 heavy (non-hydrogen) atoms. The molecule has 1 aliphatic carbocycles. The molecule has 3 nitrogen and oxygen atoms in total. The van der Waals surface area contributed by atoms with Gasteiger partial charge in [0.2, 0.25) is 0 Å². The Hall–Kier alpha value is -1.29. The molecular weight excluding hydrogens is 314 g/mol. The van der Waals surface area contributed by atoms with Crippen LogP contribution in [0.5, 0.6) is 0 Å². The van der Waals surface area contributed by atoms with Crippen molar-refractivity contribution in [2.24, 2.45) is 5.92 Å². The van der Waals surface area contributed by atoms with Crippen LogP contribution in [0.1, 0.15) is 62.4 Å². The van der Waals surface area contributed by atoms with Crippen molar-refractivity contribution in [3.63, 3.8) is 0 Å². The molecule has 1 aromatic heterocycles. The number of rotatable bonds is 7. The number of nitrogens with zero attached hydrogens (tertiary/aromatic N) is 3. The first-order chi connectivity index (χ1) is 11.8. The van der Waals surface area contributed by atoms with Crippen LogP contribution >= 0.6 is 11.8 Å². The Morgan fingerprint density at radius 1 is 1.08 bits per heavy atom. The van der Waals surface area contributed by atoms with E-state index in [4.69, 9.17) is 0 Å². The predicted octanol–water partition coefficient (Wildman–Crippen LogP) is 5.41. The molecule has 1 saturated carbocycles. The van der Waals surface area contributed by atoms with Gasteiger partial charge in [-0.25, -0.2) is 0 Å². The van der Waals surface area contributed by atoms with E-state index in [1.165, 1.54) is 55.5 Å². The van der Waals surface area contributed by atoms with E-state index in [1.54, 1.807) is 11.8 Å². The van der Waals surface area contributed by atoms with E-state index >= 15 is 0 Å². The number of thioether (sulfide) groups is 1. The molecule has 0 atom stereocenters. The average Bonchev–Trinajstić information content (AvgIpc) is 3.02. The SMILES string of the molecule is CCn1c(CCC2CCCCC2)nnc1SCc1ccc(C)cc1. The number of hydrogen-bond acceptors (Lipinski definition) is 3. The van der Waals surface area contributed by atoms with Crippen LogP contribution in [0, 0.1) is 12.8 Å². The molecule has 0 amide bonds. The predicted molar refractivity (Wildman–Crippen MR) is 101 cm³/mol. The molecule has 1 heterocycles. The zero-order valence-corrected chi connectivity index (χ0v) is 15.8. The van der Waals surface area contributed by atoms with Gasteiger partial charge in [-0.2, -0.15) is 0 Å². The summed E-state index contributed by atoms with van der Waals surface area (Å²) in [7, 11) is 0. The van der Waals surface area contributed by atoms with E-state index in [9.17, 15) is 0 Å². The van der Waals surface area contributed by atoms with Crippen molar-refractivity contribution in [3.05, 3.63) is 41.2 Å². The third-order valence-corrected chi connectivity index (χ3v) is 6.14. The molecule has 0 N–H and O–H groups in total. The molecule has 1 fully saturated rings. The molecule has 0 aliphatic heterocycles. The summed E-state index contributed by atoms with van der Waals surface area (Å²) in [5.74, 6) is 3.04. The zero-order chi connectivity index (χ0) is 16.8. The van der Waals surface area contributed by atoms with Crippen molar-refractivity contribution in [1.82, 2.24) is 14.8 Å². The van der Waals surface area contributed by atoms with Crippen LogP contribution in [0.3, 0.4) is 0 Å². The number of hydrogen-bond donors (Lipinski definition) is 0. The second-order valence-electron chi connectivity index (χ2n) is 6.96. The number of aryl methyl sites for hydroxylation is 2. The van der Waals surface area contributed by atoms with Gasteiger partial charge in [-0.3, -0.25) is 0 Å². The number of benzene rings is 1. The smallest absolute Gasteiger partial charge is 0.191 e. The van der Waals surface area contributed by atoms with E-state index < -0.39 is 0 Å². The minimum absolute atomic E-state index is 0.907. The van der Waals surface area contributed by atoms with E-state index in [0.29, 0.717) is 0 Å². The summed E-state index contributed by atoms with van der Waals surface area (Å²) in [6.45, 7) is 5.29. The summed E-state index contributed by atoms with van der Waals surface area (Å²) < 4.78 is 2.31. The van der Waals surface area contributed by atoms with Gasteiger partial charge in [0.15, 0.2) is 5.16 Å². The van der Waals surface area contributed by atoms with Crippen LogP contribution < -0.4 is 0 Å². The Bertz CT molecular complexity index is 627. The summed E-state index contributed by atoms with van der Waals surface area (Å²) in [6, 6.07) is 8.77. The molecule has 2 aromatic rings. The number of aromatic nitrogens is 3. The summed E-state index contributed by atoms with van der Waals surface area (Å²) in [6.07, 6.45) is 9.45. The second-order valence-corrected chi connectivity index (χ2v) is 7.90. The lowest BCUT2D eigenvalue weighted by molar-refractivity contribution is 0.335. The first-order valence-electron chi connectivity index (χ1n) is 9.36. The van der Waals surface area contributed by atoms with E-state index in [-0.39, 0.29) is 0 Å². The highest BCUT2D eigenvalue weighted by Crippen LogP contribution is 2.28. The molecule has 0 saturated heterocycles. The van der Waals surface area contributed by atoms with E-state index in [2.05, 4.69) is 52.9 Å². The normalized spacial score (nSPS) is 15.8. The van der Waals surface area contributed by atoms with Gasteiger partial charge in [-0.05, 0) is 31.7 Å². The lowest BCUT2D eigenvalue weighted by Crippen LogP contribution is -2.10. The van der Waals surface area contributed by atoms with Gasteiger partial charge < -0.3 is 4.57 Å². The van der Waals surface area contributed by atoms with Gasteiger partial charge in [0.1, 0.15) is 5.82 Å². The van der Waals surface area contributed by atoms with Crippen molar-refractivity contribution in [3.8, 4) is 0 Å². The fourth-order valence-electron chi connectivity index (χ4n) is 3.57. The molecule has 0 bridgehead atoms. The summed E-state index contributed by atoms with van der Waals surface area (Å²) in [5, 5.41) is 10.0. The highest BCUT2D eigenvalue weighted by molar-refractivity contribution is 7.98. The quantitative estimate of drug-likeness (QED) is 0.630. The van der Waals surface area contributed by atoms with E-state index in [0.717, 1.165) is 29.8 Å². The van der Waals surface area contributed by atoms with Crippen LogP contribution in [0.25, 0.3) is 0 Å². The molecule has 0 radical (unpaired) electrons. The minimum atomic E-state index is 0.907. The fourth-order valence-corrected chi connectivity index (χ4v) is 4.55. The maximum atomic E-state index is 4.49. The van der Waals surface area contributed by atoms with Gasteiger partial charge in [0.05, 0.1) is 0 Å². The molecular formula is C20H29N3S. The van der Waals surface area contributed by atoms with Crippen molar-refractivity contribution in [2.45, 2.75) is 76.2 Å². The first-order valence-corrected chi connectivity index (χ1v) is 10.3. The Labute approximate surface area is 150 Å². The van der Waals surface area contributed by atoms with Gasteiger partial charge >= 0.3 is 0 Å². The Balaban J connectivity index is 1.57. The van der Waals surface area contributed by atoms with Crippen molar-refractivity contribution in [1.29, 1.82) is 0 Å². The third kappa shape index (κ3) is 4.62. The monoisotopic (exact) mass is 343 g/mol. The van der Waals surface area contributed by atoms with Crippen LogP contribution in [-0.4, -0.2) is 14.8 Å². The van der Waals surface area contributed by atoms with Crippen molar-refractivity contribution >= 4 is 11.8 Å². The zero-order valence-electron chi connectivity index (χ0n) is 15.0. The van der Waals surface area contributed by atoms with Crippen LogP contribution in [0.2, 0.25) is 0 Å². The molecule has 130 valence electrons. The van der Waals surface area contributed by atoms with Gasteiger partial charge in [-0.15, -0.1) is 10.2 Å². The highest BCUT2D eigenvalue weighted by atomic mass is 32.2. The Kier molecular flexibility index (Phi) is 6.36. The lowest BCUT2D eigenvalue weighted by Gasteiger charge is -2.21. The summed E-state index contributed by atoms with van der Waals surface area (Å²) in [5.41, 5.74) is 2.66. The standard InChI is InChI=1S/C20H29N3S/c1-3-23-19(14-13-17-7-5-4-6-8-17)21-22-20(23)24-15-18-11-9-16(2)10-12-18/h9-12,17H,3-8,13-15H2,1-2H3. The van der Waals surface area contributed by atoms with E-state index in [1.807, 2.05) is 0 Å². The minimum Gasteiger partial charge on any atom is -0.306 e. The highest BCUT2D eigenvalue weighted by Gasteiger charge is 2.16. The molecule has 0 spiro atoms. The second kappa shape index (κ2) is 8.70. The molecule has 1 aliphatic rings. The van der Waals surface area contributed by atoms with Crippen LogP contribution in [-0.2, 0) is 18.7 Å². The summed E-state index contributed by atoms with van der Waals surface area (Å²) >= 11 is 1.80. The Morgan fingerprint density at radius 2 is 1.83 bits per heavy atom. The molecule has 4 heteroatoms. The van der Waals surface area contributed by atoms with Crippen molar-refractivity contribution < 1.29 is 0 Å². The largest absolute Gasteiger partial charge is 0.306 e. The molecule has 1 aromatic carbocycles. The topological polar surface area (TPSA) is 30.7 Å². The molecule has 3 rings (SSSR count). The maximum absolute atomic E-state index is 4.49. The van der Waals surface area contributed by atoms with Crippen molar-refractivity contribution in [2.75, 3.05) is 0 Å². The maximum Gasteiger partial charge on any atom is 0.191 e. The molecule has 0 unspecified atom stereocenters. The summed E-state index contributed by atoms with van der Waals surface area (Å²) in [4.78, 5) is 0. The average molecular weight is 344 g/mol. The lowest BCUT2D eigenvalue weighted by atomic mass is 9.86.